The van der Waals surface area contributed by atoms with Crippen molar-refractivity contribution in [2.75, 3.05) is 19.7 Å². The van der Waals surface area contributed by atoms with E-state index in [1.165, 1.54) is 0 Å². The highest BCUT2D eigenvalue weighted by Gasteiger charge is 2.22. The molecule has 2 rings (SSSR count). The van der Waals surface area contributed by atoms with Crippen molar-refractivity contribution in [3.05, 3.63) is 29.8 Å². The van der Waals surface area contributed by atoms with Crippen LogP contribution < -0.4 is 15.8 Å². The molecule has 5 nitrogen and oxygen atoms in total. The zero-order valence-electron chi connectivity index (χ0n) is 11.5. The SMILES string of the molecule is NCC[C@@H](O)c1cccc(OCC2CCCNC2=O)c1. The Labute approximate surface area is 119 Å². The fourth-order valence-electron chi connectivity index (χ4n) is 2.33. The summed E-state index contributed by atoms with van der Waals surface area (Å²) in [6.07, 6.45) is 1.81. The zero-order chi connectivity index (χ0) is 14.4. The van der Waals surface area contributed by atoms with Gasteiger partial charge in [0.25, 0.3) is 0 Å². The van der Waals surface area contributed by atoms with E-state index < -0.39 is 6.10 Å². The summed E-state index contributed by atoms with van der Waals surface area (Å²) in [5.41, 5.74) is 6.23. The van der Waals surface area contributed by atoms with Crippen LogP contribution in [0.25, 0.3) is 0 Å². The number of carbonyl (C=O) groups excluding carboxylic acids is 1. The summed E-state index contributed by atoms with van der Waals surface area (Å²) in [6.45, 7) is 1.58. The third-order valence-electron chi connectivity index (χ3n) is 3.53. The van der Waals surface area contributed by atoms with Crippen molar-refractivity contribution in [3.63, 3.8) is 0 Å². The van der Waals surface area contributed by atoms with Gasteiger partial charge >= 0.3 is 0 Å². The molecule has 1 aromatic carbocycles. The maximum absolute atomic E-state index is 11.6. The van der Waals surface area contributed by atoms with Gasteiger partial charge in [-0.2, -0.15) is 0 Å². The van der Waals surface area contributed by atoms with Crippen molar-refractivity contribution in [3.8, 4) is 5.75 Å². The first-order chi connectivity index (χ1) is 9.70. The standard InChI is InChI=1S/C15H22N2O3/c16-7-6-14(18)11-3-1-5-13(9-11)20-10-12-4-2-8-17-15(12)19/h1,3,5,9,12,14,18H,2,4,6-8,10,16H2,(H,17,19)/t12?,14-/m1/s1. The third-order valence-corrected chi connectivity index (χ3v) is 3.53. The van der Waals surface area contributed by atoms with Gasteiger partial charge in [-0.25, -0.2) is 0 Å². The van der Waals surface area contributed by atoms with E-state index in [9.17, 15) is 9.90 Å². The summed E-state index contributed by atoms with van der Waals surface area (Å²) in [5, 5.41) is 12.7. The highest BCUT2D eigenvalue weighted by Crippen LogP contribution is 2.22. The predicted molar refractivity (Wildman–Crippen MR) is 76.3 cm³/mol. The maximum atomic E-state index is 11.6. The van der Waals surface area contributed by atoms with Gasteiger partial charge in [0.05, 0.1) is 18.6 Å². The molecule has 1 fully saturated rings. The lowest BCUT2D eigenvalue weighted by Gasteiger charge is -2.22. The minimum Gasteiger partial charge on any atom is -0.493 e. The zero-order valence-corrected chi connectivity index (χ0v) is 11.5. The molecule has 1 saturated heterocycles. The molecule has 20 heavy (non-hydrogen) atoms. The molecule has 1 aliphatic rings. The van der Waals surface area contributed by atoms with Crippen LogP contribution in [0.4, 0.5) is 0 Å². The van der Waals surface area contributed by atoms with E-state index in [1.807, 2.05) is 18.2 Å². The molecule has 1 heterocycles. The Morgan fingerprint density at radius 3 is 3.10 bits per heavy atom. The molecule has 0 aromatic heterocycles. The summed E-state index contributed by atoms with van der Waals surface area (Å²) >= 11 is 0. The number of piperidine rings is 1. The highest BCUT2D eigenvalue weighted by atomic mass is 16.5. The Hall–Kier alpha value is -1.59. The smallest absolute Gasteiger partial charge is 0.226 e. The van der Waals surface area contributed by atoms with Crippen molar-refractivity contribution in [1.29, 1.82) is 0 Å². The van der Waals surface area contributed by atoms with E-state index >= 15 is 0 Å². The quantitative estimate of drug-likeness (QED) is 0.724. The minimum absolute atomic E-state index is 0.0653. The summed E-state index contributed by atoms with van der Waals surface area (Å²) in [6, 6.07) is 7.33. The number of carbonyl (C=O) groups is 1. The van der Waals surface area contributed by atoms with E-state index in [-0.39, 0.29) is 11.8 Å². The second-order valence-electron chi connectivity index (χ2n) is 5.11. The molecule has 0 spiro atoms. The number of aliphatic hydroxyl groups excluding tert-OH is 1. The highest BCUT2D eigenvalue weighted by molar-refractivity contribution is 5.79. The molecule has 4 N–H and O–H groups in total. The number of amides is 1. The molecule has 1 aliphatic heterocycles. The van der Waals surface area contributed by atoms with Crippen LogP contribution in [0, 0.1) is 5.92 Å². The van der Waals surface area contributed by atoms with Gasteiger partial charge in [0.15, 0.2) is 0 Å². The van der Waals surface area contributed by atoms with Crippen LogP contribution in [-0.4, -0.2) is 30.7 Å². The number of ether oxygens (including phenoxy) is 1. The molecule has 110 valence electrons. The van der Waals surface area contributed by atoms with Crippen molar-refractivity contribution < 1.29 is 14.6 Å². The number of hydrogen-bond acceptors (Lipinski definition) is 4. The van der Waals surface area contributed by atoms with Gasteiger partial charge in [0.2, 0.25) is 5.91 Å². The summed E-state index contributed by atoms with van der Waals surface area (Å²) in [4.78, 5) is 11.6. The van der Waals surface area contributed by atoms with E-state index in [0.717, 1.165) is 24.9 Å². The first-order valence-corrected chi connectivity index (χ1v) is 7.09. The lowest BCUT2D eigenvalue weighted by Crippen LogP contribution is -2.39. The van der Waals surface area contributed by atoms with Crippen molar-refractivity contribution in [2.24, 2.45) is 11.7 Å². The molecule has 1 unspecified atom stereocenters. The number of hydrogen-bond donors (Lipinski definition) is 3. The molecule has 0 aliphatic carbocycles. The van der Waals surface area contributed by atoms with Crippen LogP contribution in [0.5, 0.6) is 5.75 Å². The normalized spacial score (nSPS) is 20.3. The lowest BCUT2D eigenvalue weighted by molar-refractivity contribution is -0.127. The molecule has 0 saturated carbocycles. The van der Waals surface area contributed by atoms with Crippen LogP contribution in [0.2, 0.25) is 0 Å². The topological polar surface area (TPSA) is 84.6 Å². The molecular weight excluding hydrogens is 256 g/mol. The largest absolute Gasteiger partial charge is 0.493 e. The van der Waals surface area contributed by atoms with E-state index in [4.69, 9.17) is 10.5 Å². The second-order valence-corrected chi connectivity index (χ2v) is 5.11. The molecule has 2 atom stereocenters. The maximum Gasteiger partial charge on any atom is 0.226 e. The fourth-order valence-corrected chi connectivity index (χ4v) is 2.33. The monoisotopic (exact) mass is 278 g/mol. The van der Waals surface area contributed by atoms with Crippen LogP contribution in [0.1, 0.15) is 30.9 Å². The Morgan fingerprint density at radius 1 is 1.50 bits per heavy atom. The van der Waals surface area contributed by atoms with Gasteiger partial charge in [0, 0.05) is 6.54 Å². The second kappa shape index (κ2) is 7.26. The van der Waals surface area contributed by atoms with Crippen LogP contribution in [-0.2, 0) is 4.79 Å². The predicted octanol–water partition coefficient (Wildman–Crippen LogP) is 0.974. The average molecular weight is 278 g/mol. The molecule has 0 bridgehead atoms. The molecule has 1 amide bonds. The van der Waals surface area contributed by atoms with Gasteiger partial charge in [-0.3, -0.25) is 4.79 Å². The number of rotatable bonds is 6. The van der Waals surface area contributed by atoms with E-state index in [2.05, 4.69) is 5.32 Å². The van der Waals surface area contributed by atoms with Gasteiger partial charge < -0.3 is 20.9 Å². The Morgan fingerprint density at radius 2 is 2.35 bits per heavy atom. The van der Waals surface area contributed by atoms with Crippen LogP contribution >= 0.6 is 0 Å². The molecule has 1 aromatic rings. The molecule has 5 heteroatoms. The first-order valence-electron chi connectivity index (χ1n) is 7.09. The summed E-state index contributed by atoms with van der Waals surface area (Å²) < 4.78 is 5.68. The molecule has 0 radical (unpaired) electrons. The van der Waals surface area contributed by atoms with Gasteiger partial charge in [-0.05, 0) is 43.5 Å². The minimum atomic E-state index is -0.568. The number of nitrogens with one attached hydrogen (secondary N) is 1. The van der Waals surface area contributed by atoms with Crippen LogP contribution in [0.3, 0.4) is 0 Å². The van der Waals surface area contributed by atoms with Gasteiger partial charge in [-0.1, -0.05) is 12.1 Å². The lowest BCUT2D eigenvalue weighted by atomic mass is 10.00. The first kappa shape index (κ1) is 14.8. The van der Waals surface area contributed by atoms with Crippen molar-refractivity contribution in [1.82, 2.24) is 5.32 Å². The third kappa shape index (κ3) is 3.95. The number of benzene rings is 1. The average Bonchev–Trinajstić information content (AvgIpc) is 2.47. The van der Waals surface area contributed by atoms with E-state index in [1.54, 1.807) is 6.07 Å². The van der Waals surface area contributed by atoms with Crippen LogP contribution in [0.15, 0.2) is 24.3 Å². The number of aliphatic hydroxyl groups is 1. The molecular formula is C15H22N2O3. The van der Waals surface area contributed by atoms with Gasteiger partial charge in [0.1, 0.15) is 5.75 Å². The van der Waals surface area contributed by atoms with E-state index in [0.29, 0.717) is 25.3 Å². The number of nitrogens with two attached hydrogens (primary N) is 1. The summed E-state index contributed by atoms with van der Waals surface area (Å²) in [7, 11) is 0. The Bertz CT molecular complexity index is 450. The van der Waals surface area contributed by atoms with Crippen molar-refractivity contribution in [2.45, 2.75) is 25.4 Å². The fraction of sp³-hybridized carbons (Fsp3) is 0.533. The Kier molecular flexibility index (Phi) is 5.38. The van der Waals surface area contributed by atoms with Crippen molar-refractivity contribution >= 4 is 5.91 Å². The summed E-state index contributed by atoms with van der Waals surface area (Å²) in [5.74, 6) is 0.661. The van der Waals surface area contributed by atoms with Gasteiger partial charge in [-0.15, -0.1) is 0 Å². The Balaban J connectivity index is 1.92.